The highest BCUT2D eigenvalue weighted by molar-refractivity contribution is 5.95. The molecule has 0 atom stereocenters. The molecule has 24 heavy (non-hydrogen) atoms. The summed E-state index contributed by atoms with van der Waals surface area (Å²) in [6.07, 6.45) is 1.63. The van der Waals surface area contributed by atoms with Gasteiger partial charge in [-0.15, -0.1) is 0 Å². The number of anilines is 1. The van der Waals surface area contributed by atoms with Crippen molar-refractivity contribution in [1.29, 1.82) is 0 Å². The third-order valence-electron chi connectivity index (χ3n) is 3.75. The molecule has 0 unspecified atom stereocenters. The molecule has 0 fully saturated rings. The van der Waals surface area contributed by atoms with Gasteiger partial charge < -0.3 is 9.64 Å². The number of rotatable bonds is 7. The van der Waals surface area contributed by atoms with Gasteiger partial charge in [0.25, 0.3) is 5.91 Å². The van der Waals surface area contributed by atoms with E-state index >= 15 is 0 Å². The standard InChI is InChI=1S/C19H23N3O2/c1-4-22(5-2)17-10-6-15(7-11-17)14-20-21-19(23)16-8-12-18(24-3)13-9-16/h6-14H,4-5H2,1-3H3,(H,21,23)/b20-14-. The molecule has 5 heteroatoms. The van der Waals surface area contributed by atoms with Crippen LogP contribution in [0.25, 0.3) is 0 Å². The van der Waals surface area contributed by atoms with Crippen LogP contribution in [0, 0.1) is 0 Å². The van der Waals surface area contributed by atoms with E-state index in [4.69, 9.17) is 4.74 Å². The van der Waals surface area contributed by atoms with Crippen LogP contribution in [0.4, 0.5) is 5.69 Å². The molecule has 0 aromatic heterocycles. The zero-order valence-electron chi connectivity index (χ0n) is 14.3. The van der Waals surface area contributed by atoms with E-state index in [9.17, 15) is 4.79 Å². The number of carbonyl (C=O) groups excluding carboxylic acids is 1. The first-order valence-corrected chi connectivity index (χ1v) is 8.00. The van der Waals surface area contributed by atoms with Crippen molar-refractivity contribution in [3.8, 4) is 5.75 Å². The second-order valence-corrected chi connectivity index (χ2v) is 5.19. The van der Waals surface area contributed by atoms with Crippen molar-refractivity contribution >= 4 is 17.8 Å². The number of amides is 1. The predicted octanol–water partition coefficient (Wildman–Crippen LogP) is 3.31. The normalized spacial score (nSPS) is 10.6. The van der Waals surface area contributed by atoms with Gasteiger partial charge in [-0.1, -0.05) is 12.1 Å². The third-order valence-corrected chi connectivity index (χ3v) is 3.75. The van der Waals surface area contributed by atoms with Crippen molar-refractivity contribution in [2.75, 3.05) is 25.1 Å². The molecule has 2 rings (SSSR count). The molecule has 0 spiro atoms. The van der Waals surface area contributed by atoms with Gasteiger partial charge in [0.05, 0.1) is 13.3 Å². The minimum Gasteiger partial charge on any atom is -0.497 e. The highest BCUT2D eigenvalue weighted by Gasteiger charge is 2.04. The van der Waals surface area contributed by atoms with Crippen LogP contribution in [0.15, 0.2) is 53.6 Å². The number of hydrogen-bond acceptors (Lipinski definition) is 4. The maximum Gasteiger partial charge on any atom is 0.271 e. The van der Waals surface area contributed by atoms with Gasteiger partial charge in [0, 0.05) is 24.3 Å². The largest absolute Gasteiger partial charge is 0.497 e. The van der Waals surface area contributed by atoms with Crippen LogP contribution in [-0.2, 0) is 0 Å². The Kier molecular flexibility index (Phi) is 6.37. The van der Waals surface area contributed by atoms with Gasteiger partial charge in [0.15, 0.2) is 0 Å². The van der Waals surface area contributed by atoms with Crippen LogP contribution >= 0.6 is 0 Å². The van der Waals surface area contributed by atoms with Crippen molar-refractivity contribution in [2.24, 2.45) is 5.10 Å². The summed E-state index contributed by atoms with van der Waals surface area (Å²) in [7, 11) is 1.59. The van der Waals surface area contributed by atoms with E-state index in [1.807, 2.05) is 12.1 Å². The fourth-order valence-corrected chi connectivity index (χ4v) is 2.33. The Morgan fingerprint density at radius 2 is 1.71 bits per heavy atom. The molecule has 0 aliphatic carbocycles. The van der Waals surface area contributed by atoms with Crippen molar-refractivity contribution < 1.29 is 9.53 Å². The second-order valence-electron chi connectivity index (χ2n) is 5.19. The zero-order chi connectivity index (χ0) is 17.4. The van der Waals surface area contributed by atoms with Crippen LogP contribution in [0.3, 0.4) is 0 Å². The van der Waals surface area contributed by atoms with E-state index in [-0.39, 0.29) is 5.91 Å². The molecule has 1 N–H and O–H groups in total. The van der Waals surface area contributed by atoms with Gasteiger partial charge in [0.1, 0.15) is 5.75 Å². The Hall–Kier alpha value is -2.82. The summed E-state index contributed by atoms with van der Waals surface area (Å²) in [6.45, 7) is 6.21. The number of nitrogens with zero attached hydrogens (tertiary/aromatic N) is 2. The molecule has 0 bridgehead atoms. The summed E-state index contributed by atoms with van der Waals surface area (Å²) in [6, 6.07) is 15.0. The Bertz CT molecular complexity index is 675. The lowest BCUT2D eigenvalue weighted by Gasteiger charge is -2.20. The molecule has 5 nitrogen and oxygen atoms in total. The smallest absolute Gasteiger partial charge is 0.271 e. The SMILES string of the molecule is CCN(CC)c1ccc(/C=N\NC(=O)c2ccc(OC)cc2)cc1. The number of benzene rings is 2. The monoisotopic (exact) mass is 325 g/mol. The van der Waals surface area contributed by atoms with Gasteiger partial charge in [-0.05, 0) is 55.8 Å². The Morgan fingerprint density at radius 1 is 1.08 bits per heavy atom. The number of methoxy groups -OCH3 is 1. The summed E-state index contributed by atoms with van der Waals surface area (Å²) < 4.78 is 5.07. The van der Waals surface area contributed by atoms with Crippen molar-refractivity contribution in [2.45, 2.75) is 13.8 Å². The van der Waals surface area contributed by atoms with Crippen LogP contribution < -0.4 is 15.1 Å². The van der Waals surface area contributed by atoms with Gasteiger partial charge in [-0.2, -0.15) is 5.10 Å². The van der Waals surface area contributed by atoms with Gasteiger partial charge in [-0.25, -0.2) is 5.43 Å². The number of ether oxygens (including phenoxy) is 1. The highest BCUT2D eigenvalue weighted by Crippen LogP contribution is 2.14. The molecular weight excluding hydrogens is 302 g/mol. The van der Waals surface area contributed by atoms with E-state index in [1.54, 1.807) is 37.6 Å². The van der Waals surface area contributed by atoms with Gasteiger partial charge >= 0.3 is 0 Å². The molecular formula is C19H23N3O2. The molecule has 126 valence electrons. The molecule has 0 aliphatic rings. The summed E-state index contributed by atoms with van der Waals surface area (Å²) in [5.74, 6) is 0.456. The molecule has 0 heterocycles. The topological polar surface area (TPSA) is 53.9 Å². The number of hydrazone groups is 1. The van der Waals surface area contributed by atoms with Crippen molar-refractivity contribution in [3.05, 3.63) is 59.7 Å². The predicted molar refractivity (Wildman–Crippen MR) is 98.1 cm³/mol. The number of hydrogen-bond donors (Lipinski definition) is 1. The Balaban J connectivity index is 1.94. The van der Waals surface area contributed by atoms with Crippen LogP contribution in [-0.4, -0.2) is 32.3 Å². The number of carbonyl (C=O) groups is 1. The average Bonchev–Trinajstić information content (AvgIpc) is 2.64. The minimum atomic E-state index is -0.256. The third kappa shape index (κ3) is 4.59. The first-order chi connectivity index (χ1) is 11.7. The molecule has 0 saturated carbocycles. The summed E-state index contributed by atoms with van der Waals surface area (Å²) in [4.78, 5) is 14.3. The fraction of sp³-hybridized carbons (Fsp3) is 0.263. The Labute approximate surface area is 142 Å². The van der Waals surface area contributed by atoms with E-state index in [2.05, 4.69) is 41.4 Å². The van der Waals surface area contributed by atoms with E-state index in [1.165, 1.54) is 5.69 Å². The molecule has 0 saturated heterocycles. The lowest BCUT2D eigenvalue weighted by molar-refractivity contribution is 0.0955. The first-order valence-electron chi connectivity index (χ1n) is 8.00. The minimum absolute atomic E-state index is 0.256. The first kappa shape index (κ1) is 17.5. The van der Waals surface area contributed by atoms with E-state index in [0.717, 1.165) is 18.7 Å². The average molecular weight is 325 g/mol. The zero-order valence-corrected chi connectivity index (χ0v) is 14.3. The van der Waals surface area contributed by atoms with E-state index in [0.29, 0.717) is 11.3 Å². The molecule has 2 aromatic rings. The summed E-state index contributed by atoms with van der Waals surface area (Å²) in [5.41, 5.74) is 5.17. The number of nitrogens with one attached hydrogen (secondary N) is 1. The van der Waals surface area contributed by atoms with Crippen LogP contribution in [0.1, 0.15) is 29.8 Å². The maximum atomic E-state index is 12.0. The molecule has 2 aromatic carbocycles. The van der Waals surface area contributed by atoms with Gasteiger partial charge in [0.2, 0.25) is 0 Å². The van der Waals surface area contributed by atoms with Crippen molar-refractivity contribution in [1.82, 2.24) is 5.43 Å². The van der Waals surface area contributed by atoms with E-state index < -0.39 is 0 Å². The fourth-order valence-electron chi connectivity index (χ4n) is 2.33. The maximum absolute atomic E-state index is 12.0. The lowest BCUT2D eigenvalue weighted by atomic mass is 10.2. The molecule has 0 radical (unpaired) electrons. The van der Waals surface area contributed by atoms with Crippen LogP contribution in [0.2, 0.25) is 0 Å². The van der Waals surface area contributed by atoms with Crippen molar-refractivity contribution in [3.63, 3.8) is 0 Å². The lowest BCUT2D eigenvalue weighted by Crippen LogP contribution is -2.21. The molecule has 1 amide bonds. The summed E-state index contributed by atoms with van der Waals surface area (Å²) >= 11 is 0. The second kappa shape index (κ2) is 8.72. The van der Waals surface area contributed by atoms with Gasteiger partial charge in [-0.3, -0.25) is 4.79 Å². The molecule has 0 aliphatic heterocycles. The quantitative estimate of drug-likeness (QED) is 0.628. The van der Waals surface area contributed by atoms with Crippen LogP contribution in [0.5, 0.6) is 5.75 Å². The Morgan fingerprint density at radius 3 is 2.25 bits per heavy atom. The summed E-state index contributed by atoms with van der Waals surface area (Å²) in [5, 5.41) is 4.01. The highest BCUT2D eigenvalue weighted by atomic mass is 16.5.